The summed E-state index contributed by atoms with van der Waals surface area (Å²) in [5.74, 6) is 0. The first-order valence-electron chi connectivity index (χ1n) is 23.3. The van der Waals surface area contributed by atoms with Crippen molar-refractivity contribution in [1.82, 2.24) is 0 Å². The molecule has 0 amide bonds. The van der Waals surface area contributed by atoms with Crippen molar-refractivity contribution >= 4 is 0 Å². The number of aliphatic hydroxyl groups is 19. The van der Waals surface area contributed by atoms with Gasteiger partial charge in [-0.15, -0.1) is 0 Å². The first kappa shape index (κ1) is 58.4. The average molecular weight is 1060 g/mol. The van der Waals surface area contributed by atoms with E-state index in [0.717, 1.165) is 0 Å². The molecule has 22 aliphatic rings. The van der Waals surface area contributed by atoms with Gasteiger partial charge in [-0.3, -0.25) is 0 Å². The van der Waals surface area contributed by atoms with Gasteiger partial charge in [0, 0.05) is 0 Å². The molecular formula is C40H68O32. The maximum Gasteiger partial charge on any atom is 0.187 e. The van der Waals surface area contributed by atoms with Crippen molar-refractivity contribution in [2.24, 2.45) is 0 Å². The Labute approximate surface area is 407 Å². The predicted molar refractivity (Wildman–Crippen MR) is 217 cm³/mol. The molecule has 32 nitrogen and oxygen atoms in total. The molecule has 32 heteroatoms. The molecule has 0 aromatic rings. The first-order valence-corrected chi connectivity index (χ1v) is 23.3. The molecule has 0 aliphatic carbocycles. The van der Waals surface area contributed by atoms with Gasteiger partial charge in [-0.1, -0.05) is 6.92 Å². The predicted octanol–water partition coefficient (Wildman–Crippen LogP) is -12.9. The van der Waals surface area contributed by atoms with Crippen LogP contribution in [-0.4, -0.2) is 333 Å². The summed E-state index contributed by atoms with van der Waals surface area (Å²) >= 11 is 0. The highest BCUT2D eigenvalue weighted by Crippen LogP contribution is 2.38. The summed E-state index contributed by atoms with van der Waals surface area (Å²) in [4.78, 5) is 0. The molecule has 0 radical (unpaired) electrons. The van der Waals surface area contributed by atoms with E-state index in [0.29, 0.717) is 0 Å². The Balaban J connectivity index is 1.23. The molecule has 32 atom stereocenters. The Bertz CT molecular complexity index is 1650. The van der Waals surface area contributed by atoms with Crippen molar-refractivity contribution in [3.8, 4) is 0 Å². The van der Waals surface area contributed by atoms with E-state index in [9.17, 15) is 97.0 Å². The van der Waals surface area contributed by atoms with E-state index in [2.05, 4.69) is 0 Å². The van der Waals surface area contributed by atoms with Crippen LogP contribution in [0.1, 0.15) is 13.3 Å². The summed E-state index contributed by atoms with van der Waals surface area (Å²) in [7, 11) is 0. The SMILES string of the molecule is CCC(O)C(O)O[C@@H]1[C@@H](O)[C@H]2O[C@H]3[C@H](O)[C@@H](O)[C@@H](O[C@H]4[C@H](O)[C@@H](O)[C@@H](O[C@H]5[C@H](O)[C@@H](O)[C@@H](O[C@H]6[C@H](O)[C@@H](O)[C@@H](O[C@H]7[C@H](O)[C@@H](O)[C@@H](O[C@H]1[C@@H](CO)O2)O[C@@H]7CO)O[C@@H]6CO)O[C@@H]5CO)O[C@@H]4CO)O[C@@H]3CO. The van der Waals surface area contributed by atoms with Crippen LogP contribution in [0, 0.1) is 0 Å². The number of hydrogen-bond acceptors (Lipinski definition) is 32. The fourth-order valence-electron chi connectivity index (χ4n) is 9.52. The number of aliphatic hydroxyl groups excluding tert-OH is 19. The topological polar surface area (TPSA) is 504 Å². The minimum atomic E-state index is -2.22. The second kappa shape index (κ2) is 25.0. The highest BCUT2D eigenvalue weighted by atomic mass is 16.8. The maximum absolute atomic E-state index is 11.8. The van der Waals surface area contributed by atoms with Crippen molar-refractivity contribution < 1.29 is 159 Å². The van der Waals surface area contributed by atoms with E-state index in [1.807, 2.05) is 0 Å². The molecule has 22 fully saturated rings. The molecule has 0 saturated carbocycles. The van der Waals surface area contributed by atoms with Gasteiger partial charge >= 0.3 is 0 Å². The van der Waals surface area contributed by atoms with Crippen LogP contribution >= 0.6 is 0 Å². The Morgan fingerprint density at radius 2 is 0.514 bits per heavy atom. The smallest absolute Gasteiger partial charge is 0.187 e. The summed E-state index contributed by atoms with van der Waals surface area (Å²) < 4.78 is 74.5. The molecule has 0 spiro atoms. The molecule has 22 saturated heterocycles. The maximum atomic E-state index is 11.8. The summed E-state index contributed by atoms with van der Waals surface area (Å²) in [5.41, 5.74) is 0. The van der Waals surface area contributed by atoms with Gasteiger partial charge < -0.3 is 159 Å². The van der Waals surface area contributed by atoms with E-state index in [4.69, 9.17) is 61.6 Å². The second-order valence-corrected chi connectivity index (χ2v) is 18.3. The molecule has 22 heterocycles. The van der Waals surface area contributed by atoms with Crippen LogP contribution < -0.4 is 0 Å². The van der Waals surface area contributed by atoms with Gasteiger partial charge in [-0.05, 0) is 6.42 Å². The van der Waals surface area contributed by atoms with Gasteiger partial charge in [0.05, 0.1) is 39.6 Å². The lowest BCUT2D eigenvalue weighted by Crippen LogP contribution is -2.69. The zero-order valence-corrected chi connectivity index (χ0v) is 38.2. The molecule has 2 unspecified atom stereocenters. The lowest BCUT2D eigenvalue weighted by atomic mass is 9.94. The molecule has 0 aromatic carbocycles. The van der Waals surface area contributed by atoms with Gasteiger partial charge in [0.15, 0.2) is 44.0 Å². The van der Waals surface area contributed by atoms with Crippen molar-refractivity contribution in [3.05, 3.63) is 0 Å². The fraction of sp³-hybridized carbons (Fsp3) is 1.00. The molecular weight excluding hydrogens is 992 g/mol. The van der Waals surface area contributed by atoms with Crippen molar-refractivity contribution in [3.63, 3.8) is 0 Å². The summed E-state index contributed by atoms with van der Waals surface area (Å²) in [6.45, 7) is -4.75. The van der Waals surface area contributed by atoms with Crippen molar-refractivity contribution in [1.29, 1.82) is 0 Å². The number of rotatable bonds is 10. The Morgan fingerprint density at radius 3 is 0.736 bits per heavy atom. The van der Waals surface area contributed by atoms with Crippen molar-refractivity contribution in [2.45, 2.75) is 210 Å². The number of ether oxygens (including phenoxy) is 13. The third kappa shape index (κ3) is 11.6. The number of hydrogen-bond donors (Lipinski definition) is 19. The summed E-state index contributed by atoms with van der Waals surface area (Å²) in [5, 5.41) is 208. The molecule has 420 valence electrons. The van der Waals surface area contributed by atoms with E-state index in [1.165, 1.54) is 6.92 Å². The second-order valence-electron chi connectivity index (χ2n) is 18.3. The standard InChI is InChI=1S/C40H68O32/c1-2-9(47)34(59)66-33-26(58)40-65-15(8-46)32(33)72-39-25(57)20(52)30(13(6-44)64-39)70-37-23(55)18(50)28(11(4-42)62-37)68-35-21(53)16(48)27(10(3-41)60-35)67-36-22(54)17(49)29(12(5-43)61-36)69-38-24(56)19(51)31(71-40)14(7-45)63-38/h9-59H,2-8H2,1H3/t9?,10-,11-,12-,13-,14-,15-,16-,17-,18-,19-,20-,21-,22-,23-,24-,25-,26-,27-,28-,29-,30-,31-,32+,33-,34?,35-,36-,37-,38-,39-,40-/m1/s1. The van der Waals surface area contributed by atoms with Crippen LogP contribution in [0.4, 0.5) is 0 Å². The van der Waals surface area contributed by atoms with Crippen LogP contribution in [-0.2, 0) is 61.6 Å². The third-order valence-electron chi connectivity index (χ3n) is 13.7. The average Bonchev–Trinajstić information content (AvgIpc) is 3.37. The van der Waals surface area contributed by atoms with Gasteiger partial charge in [0.2, 0.25) is 0 Å². The summed E-state index contributed by atoms with van der Waals surface area (Å²) in [6, 6.07) is 0. The highest BCUT2D eigenvalue weighted by Gasteiger charge is 2.59. The van der Waals surface area contributed by atoms with Gasteiger partial charge in [0.1, 0.15) is 153 Å². The molecule has 22 aliphatic heterocycles. The Kier molecular flexibility index (Phi) is 20.3. The molecule has 0 aromatic heterocycles. The molecule has 19 N–H and O–H groups in total. The highest BCUT2D eigenvalue weighted by molar-refractivity contribution is 5.01. The fourth-order valence-corrected chi connectivity index (χ4v) is 9.52. The largest absolute Gasteiger partial charge is 0.394 e. The van der Waals surface area contributed by atoms with E-state index >= 15 is 0 Å². The molecule has 12 bridgehead atoms. The van der Waals surface area contributed by atoms with Crippen LogP contribution in [0.3, 0.4) is 0 Å². The Hall–Kier alpha value is -1.28. The zero-order valence-electron chi connectivity index (χ0n) is 38.2. The van der Waals surface area contributed by atoms with E-state index in [-0.39, 0.29) is 6.42 Å². The van der Waals surface area contributed by atoms with Crippen LogP contribution in [0.5, 0.6) is 0 Å². The van der Waals surface area contributed by atoms with Gasteiger partial charge in [0.25, 0.3) is 0 Å². The van der Waals surface area contributed by atoms with E-state index < -0.39 is 236 Å². The quantitative estimate of drug-likeness (QED) is 0.0903. The first-order chi connectivity index (χ1) is 34.3. The van der Waals surface area contributed by atoms with Crippen LogP contribution in [0.25, 0.3) is 0 Å². The lowest BCUT2D eigenvalue weighted by Gasteiger charge is -2.51. The molecule has 72 heavy (non-hydrogen) atoms. The minimum Gasteiger partial charge on any atom is -0.394 e. The third-order valence-corrected chi connectivity index (χ3v) is 13.7. The van der Waals surface area contributed by atoms with Crippen LogP contribution in [0.2, 0.25) is 0 Å². The minimum absolute atomic E-state index is 0.121. The molecule has 22 rings (SSSR count). The normalized spacial score (nSPS) is 52.7. The zero-order chi connectivity index (χ0) is 52.6. The monoisotopic (exact) mass is 1060 g/mol. The van der Waals surface area contributed by atoms with Gasteiger partial charge in [-0.2, -0.15) is 0 Å². The van der Waals surface area contributed by atoms with Gasteiger partial charge in [-0.25, -0.2) is 0 Å². The van der Waals surface area contributed by atoms with Crippen LogP contribution in [0.15, 0.2) is 0 Å². The Morgan fingerprint density at radius 1 is 0.306 bits per heavy atom. The summed E-state index contributed by atoms with van der Waals surface area (Å²) in [6.07, 6.45) is -63.5. The lowest BCUT2D eigenvalue weighted by molar-refractivity contribution is -0.407. The van der Waals surface area contributed by atoms with Crippen molar-refractivity contribution in [2.75, 3.05) is 39.6 Å². The van der Waals surface area contributed by atoms with E-state index in [1.54, 1.807) is 0 Å².